The number of hydrogen-bond donors (Lipinski definition) is 2. The van der Waals surface area contributed by atoms with Gasteiger partial charge in [0.25, 0.3) is 0 Å². The highest BCUT2D eigenvalue weighted by Gasteiger charge is 2.29. The van der Waals surface area contributed by atoms with E-state index in [1.165, 1.54) is 11.1 Å². The van der Waals surface area contributed by atoms with Crippen molar-refractivity contribution in [2.24, 2.45) is 0 Å². The predicted molar refractivity (Wildman–Crippen MR) is 107 cm³/mol. The van der Waals surface area contributed by atoms with Crippen molar-refractivity contribution in [3.8, 4) is 0 Å². The Labute approximate surface area is 152 Å². The van der Waals surface area contributed by atoms with E-state index in [4.69, 9.17) is 0 Å². The Hall–Kier alpha value is -1.72. The number of rotatable bonds is 8. The van der Waals surface area contributed by atoms with Crippen LogP contribution in [0, 0.1) is 0 Å². The fourth-order valence-corrected chi connectivity index (χ4v) is 3.38. The van der Waals surface area contributed by atoms with Crippen molar-refractivity contribution in [2.75, 3.05) is 13.6 Å². The summed E-state index contributed by atoms with van der Waals surface area (Å²) in [6, 6.07) is 18.8. The first-order valence-corrected chi connectivity index (χ1v) is 10.9. The summed E-state index contributed by atoms with van der Waals surface area (Å²) in [5.41, 5.74) is 5.07. The fourth-order valence-electron chi connectivity index (χ4n) is 2.56. The van der Waals surface area contributed by atoms with Crippen molar-refractivity contribution < 1.29 is 9.59 Å². The van der Waals surface area contributed by atoms with Crippen LogP contribution >= 0.6 is 0 Å². The molecule has 0 radical (unpaired) electrons. The molecule has 0 aliphatic heterocycles. The lowest BCUT2D eigenvalue weighted by molar-refractivity contribution is 0.331. The number of nitrogens with zero attached hydrogens (tertiary/aromatic N) is 1. The molecule has 2 rings (SSSR count). The molecular weight excluding hydrogens is 326 g/mol. The lowest BCUT2D eigenvalue weighted by Gasteiger charge is -2.18. The van der Waals surface area contributed by atoms with Gasteiger partial charge in [0.05, 0.1) is 0 Å². The zero-order valence-corrected chi connectivity index (χ0v) is 16.4. The van der Waals surface area contributed by atoms with Gasteiger partial charge in [0.15, 0.2) is 0 Å². The third kappa shape index (κ3) is 6.59. The summed E-state index contributed by atoms with van der Waals surface area (Å²) < 4.78 is 0. The molecule has 0 unspecified atom stereocenters. The third-order valence-corrected chi connectivity index (χ3v) is 6.76. The van der Waals surface area contributed by atoms with Gasteiger partial charge in [-0.2, -0.15) is 0 Å². The molecule has 4 heteroatoms. The quantitative estimate of drug-likeness (QED) is 0.709. The molecule has 0 aliphatic rings. The maximum atomic E-state index is 10.0. The molecule has 134 valence electrons. The maximum absolute atomic E-state index is 10.0. The Bertz CT molecular complexity index is 683. The maximum Gasteiger partial charge on any atom is 0.362 e. The van der Waals surface area contributed by atoms with Gasteiger partial charge in [-0.15, -0.1) is 0 Å². The minimum Gasteiger partial charge on any atom is -0.408 e. The molecule has 0 bridgehead atoms. The highest BCUT2D eigenvalue weighted by molar-refractivity contribution is 6.72. The normalized spacial score (nSPS) is 12.4. The van der Waals surface area contributed by atoms with Crippen LogP contribution in [0.1, 0.15) is 30.5 Å². The third-order valence-electron chi connectivity index (χ3n) is 4.40. The van der Waals surface area contributed by atoms with Crippen LogP contribution < -0.4 is 0 Å². The SMILES string of the molecule is CC(C)[Si](O)(O)C=Cc1cccc(CN(C)CCc2ccccc2)c1. The molecule has 0 atom stereocenters. The number of likely N-dealkylation sites (N-methyl/N-ethyl adjacent to an activating group) is 1. The van der Waals surface area contributed by atoms with E-state index >= 15 is 0 Å². The van der Waals surface area contributed by atoms with E-state index in [1.807, 2.05) is 38.1 Å². The standard InChI is InChI=1S/C21H29NO2Si/c1-18(2)25(23,24)15-13-20-10-7-11-21(16-20)17-22(3)14-12-19-8-5-4-6-9-19/h4-11,13,15-16,18,23-24H,12,14,17H2,1-3H3. The van der Waals surface area contributed by atoms with Crippen molar-refractivity contribution in [1.29, 1.82) is 0 Å². The summed E-state index contributed by atoms with van der Waals surface area (Å²) in [6.45, 7) is 5.56. The zero-order valence-electron chi connectivity index (χ0n) is 15.4. The molecule has 0 aliphatic carbocycles. The van der Waals surface area contributed by atoms with Crippen LogP contribution in [-0.2, 0) is 13.0 Å². The van der Waals surface area contributed by atoms with Gasteiger partial charge < -0.3 is 14.5 Å². The van der Waals surface area contributed by atoms with E-state index < -0.39 is 8.56 Å². The van der Waals surface area contributed by atoms with Gasteiger partial charge in [-0.1, -0.05) is 74.5 Å². The molecule has 0 saturated carbocycles. The average molecular weight is 356 g/mol. The van der Waals surface area contributed by atoms with Crippen molar-refractivity contribution in [1.82, 2.24) is 4.90 Å². The molecule has 2 N–H and O–H groups in total. The van der Waals surface area contributed by atoms with Crippen LogP contribution in [0.15, 0.2) is 60.3 Å². The van der Waals surface area contributed by atoms with Crippen LogP contribution in [0.3, 0.4) is 0 Å². The van der Waals surface area contributed by atoms with Crippen LogP contribution in [0.5, 0.6) is 0 Å². The Morgan fingerprint density at radius 2 is 1.68 bits per heavy atom. The van der Waals surface area contributed by atoms with Crippen molar-refractivity contribution in [2.45, 2.75) is 32.4 Å². The topological polar surface area (TPSA) is 43.7 Å². The molecule has 0 aromatic heterocycles. The highest BCUT2D eigenvalue weighted by atomic mass is 28.4. The second-order valence-corrected chi connectivity index (χ2v) is 10.0. The smallest absolute Gasteiger partial charge is 0.362 e. The predicted octanol–water partition coefficient (Wildman–Crippen LogP) is 3.75. The average Bonchev–Trinajstić information content (AvgIpc) is 2.59. The molecule has 2 aromatic carbocycles. The summed E-state index contributed by atoms with van der Waals surface area (Å²) >= 11 is 0. The minimum atomic E-state index is -3.25. The summed E-state index contributed by atoms with van der Waals surface area (Å²) in [5, 5.41) is 0. The van der Waals surface area contributed by atoms with E-state index in [1.54, 1.807) is 5.70 Å². The van der Waals surface area contributed by atoms with Crippen molar-refractivity contribution >= 4 is 14.6 Å². The van der Waals surface area contributed by atoms with Gasteiger partial charge in [0.2, 0.25) is 0 Å². The van der Waals surface area contributed by atoms with Crippen LogP contribution in [0.25, 0.3) is 6.08 Å². The Kier molecular flexibility index (Phi) is 7.14. The van der Waals surface area contributed by atoms with E-state index in [2.05, 4.69) is 48.3 Å². The molecule has 0 spiro atoms. The van der Waals surface area contributed by atoms with Crippen molar-refractivity contribution in [3.63, 3.8) is 0 Å². The van der Waals surface area contributed by atoms with Crippen LogP contribution in [0.2, 0.25) is 5.54 Å². The first-order valence-electron chi connectivity index (χ1n) is 8.82. The van der Waals surface area contributed by atoms with Crippen LogP contribution in [-0.4, -0.2) is 36.6 Å². The molecule has 0 saturated heterocycles. The van der Waals surface area contributed by atoms with Gasteiger partial charge in [-0.05, 0) is 35.9 Å². The summed E-state index contributed by atoms with van der Waals surface area (Å²) in [7, 11) is -1.13. The summed E-state index contributed by atoms with van der Waals surface area (Å²) in [4.78, 5) is 22.4. The molecule has 25 heavy (non-hydrogen) atoms. The first kappa shape index (κ1) is 19.6. The Morgan fingerprint density at radius 1 is 1.00 bits per heavy atom. The molecule has 2 aromatic rings. The Balaban J connectivity index is 1.93. The molecular formula is C21H29NO2Si. The van der Waals surface area contributed by atoms with Crippen LogP contribution in [0.4, 0.5) is 0 Å². The summed E-state index contributed by atoms with van der Waals surface area (Å²) in [6.07, 6.45) is 2.87. The zero-order chi connectivity index (χ0) is 18.3. The van der Waals surface area contributed by atoms with Gasteiger partial charge in [-0.25, -0.2) is 0 Å². The van der Waals surface area contributed by atoms with Gasteiger partial charge in [-0.3, -0.25) is 0 Å². The fraction of sp³-hybridized carbons (Fsp3) is 0.333. The first-order chi connectivity index (χ1) is 11.9. The second-order valence-electron chi connectivity index (χ2n) is 6.99. The minimum absolute atomic E-state index is 0.115. The molecule has 0 fully saturated rings. The van der Waals surface area contributed by atoms with E-state index in [0.29, 0.717) is 0 Å². The van der Waals surface area contributed by atoms with Gasteiger partial charge >= 0.3 is 8.56 Å². The summed E-state index contributed by atoms with van der Waals surface area (Å²) in [5.74, 6) is 0. The van der Waals surface area contributed by atoms with E-state index in [9.17, 15) is 9.59 Å². The van der Waals surface area contributed by atoms with Crippen molar-refractivity contribution in [3.05, 3.63) is 77.0 Å². The second kappa shape index (κ2) is 9.11. The lowest BCUT2D eigenvalue weighted by Crippen LogP contribution is -2.35. The monoisotopic (exact) mass is 355 g/mol. The highest BCUT2D eigenvalue weighted by Crippen LogP contribution is 2.18. The molecule has 0 amide bonds. The van der Waals surface area contributed by atoms with Gasteiger partial charge in [0.1, 0.15) is 0 Å². The Morgan fingerprint density at radius 3 is 2.36 bits per heavy atom. The number of hydrogen-bond acceptors (Lipinski definition) is 3. The molecule has 3 nitrogen and oxygen atoms in total. The van der Waals surface area contributed by atoms with Gasteiger partial charge in [0, 0.05) is 18.6 Å². The lowest BCUT2D eigenvalue weighted by atomic mass is 10.1. The largest absolute Gasteiger partial charge is 0.408 e. The number of benzene rings is 2. The van der Waals surface area contributed by atoms with E-state index in [0.717, 1.165) is 25.1 Å². The van der Waals surface area contributed by atoms with E-state index in [-0.39, 0.29) is 5.54 Å². The molecule has 0 heterocycles.